The van der Waals surface area contributed by atoms with Crippen molar-refractivity contribution in [2.45, 2.75) is 37.2 Å². The van der Waals surface area contributed by atoms with Crippen molar-refractivity contribution in [3.8, 4) is 0 Å². The Kier molecular flexibility index (Phi) is 6.21. The van der Waals surface area contributed by atoms with Crippen molar-refractivity contribution >= 4 is 21.7 Å². The number of rotatable bonds is 5. The quantitative estimate of drug-likeness (QED) is 0.754. The van der Waals surface area contributed by atoms with Gasteiger partial charge in [0.25, 0.3) is 5.91 Å². The third-order valence-electron chi connectivity index (χ3n) is 5.05. The maximum Gasteiger partial charge on any atom is 0.257 e. The molecule has 0 saturated heterocycles. The highest BCUT2D eigenvalue weighted by molar-refractivity contribution is 7.91. The molecule has 0 saturated carbocycles. The van der Waals surface area contributed by atoms with Crippen LogP contribution in [-0.4, -0.2) is 32.0 Å². The van der Waals surface area contributed by atoms with E-state index in [1.165, 1.54) is 6.07 Å². The predicted octanol–water partition coefficient (Wildman–Crippen LogP) is 2.75. The summed E-state index contributed by atoms with van der Waals surface area (Å²) >= 11 is 0. The van der Waals surface area contributed by atoms with Gasteiger partial charge in [0.2, 0.25) is 5.91 Å². The largest absolute Gasteiger partial charge is 0.347 e. The molecule has 0 fully saturated rings. The van der Waals surface area contributed by atoms with Crippen molar-refractivity contribution in [3.63, 3.8) is 0 Å². The smallest absolute Gasteiger partial charge is 0.257 e. The van der Waals surface area contributed by atoms with Gasteiger partial charge in [0.05, 0.1) is 16.7 Å². The Hall–Kier alpha value is -2.81. The summed E-state index contributed by atoms with van der Waals surface area (Å²) in [7, 11) is -3.42. The molecule has 2 atom stereocenters. The molecular weight excluding hydrogens is 414 g/mol. The molecule has 1 aliphatic rings. The monoisotopic (exact) mass is 436 g/mol. The van der Waals surface area contributed by atoms with Crippen LogP contribution >= 0.6 is 0 Å². The van der Waals surface area contributed by atoms with Gasteiger partial charge in [-0.2, -0.15) is 0 Å². The van der Waals surface area contributed by atoms with Crippen molar-refractivity contribution < 1.29 is 26.8 Å². The zero-order valence-electron chi connectivity index (χ0n) is 16.5. The van der Waals surface area contributed by atoms with Gasteiger partial charge in [-0.1, -0.05) is 38.1 Å². The zero-order chi connectivity index (χ0) is 22.1. The van der Waals surface area contributed by atoms with Crippen LogP contribution in [0, 0.1) is 17.6 Å². The molecule has 2 unspecified atom stereocenters. The summed E-state index contributed by atoms with van der Waals surface area (Å²) in [5, 5.41) is 5.17. The first kappa shape index (κ1) is 21.9. The van der Waals surface area contributed by atoms with Crippen LogP contribution in [0.3, 0.4) is 0 Å². The topological polar surface area (TPSA) is 92.3 Å². The highest BCUT2D eigenvalue weighted by Gasteiger charge is 2.33. The molecule has 2 N–H and O–H groups in total. The number of carbonyl (C=O) groups is 2. The van der Waals surface area contributed by atoms with E-state index in [9.17, 15) is 26.8 Å². The Bertz CT molecular complexity index is 1070. The lowest BCUT2D eigenvalue weighted by atomic mass is 9.99. The van der Waals surface area contributed by atoms with Gasteiger partial charge in [0.1, 0.15) is 23.2 Å². The van der Waals surface area contributed by atoms with Gasteiger partial charge in [-0.25, -0.2) is 17.2 Å². The first-order chi connectivity index (χ1) is 14.1. The normalized spacial score (nSPS) is 18.4. The lowest BCUT2D eigenvalue weighted by molar-refractivity contribution is -0.124. The van der Waals surface area contributed by atoms with E-state index in [0.29, 0.717) is 5.56 Å². The average molecular weight is 436 g/mol. The fraction of sp³-hybridized carbons (Fsp3) is 0.333. The van der Waals surface area contributed by atoms with Crippen LogP contribution in [0.5, 0.6) is 0 Å². The first-order valence-electron chi connectivity index (χ1n) is 9.48. The molecule has 0 radical (unpaired) electrons. The number of fused-ring (bicyclic) bond motifs is 1. The maximum atomic E-state index is 13.9. The van der Waals surface area contributed by atoms with E-state index in [1.54, 1.807) is 32.0 Å². The van der Waals surface area contributed by atoms with Crippen LogP contribution in [0.4, 0.5) is 8.78 Å². The van der Waals surface area contributed by atoms with E-state index in [2.05, 4.69) is 10.6 Å². The minimum atomic E-state index is -3.42. The molecule has 0 bridgehead atoms. The van der Waals surface area contributed by atoms with Gasteiger partial charge in [0.15, 0.2) is 9.84 Å². The van der Waals surface area contributed by atoms with E-state index < -0.39 is 50.9 Å². The molecule has 2 aromatic carbocycles. The van der Waals surface area contributed by atoms with Crippen molar-refractivity contribution in [1.82, 2.24) is 10.6 Å². The molecule has 0 aromatic heterocycles. The summed E-state index contributed by atoms with van der Waals surface area (Å²) in [6.07, 6.45) is 0.186. The Morgan fingerprint density at radius 1 is 1.03 bits per heavy atom. The van der Waals surface area contributed by atoms with E-state index >= 15 is 0 Å². The second-order valence-electron chi connectivity index (χ2n) is 7.50. The SMILES string of the molecule is CC(C)C(NC(=O)c1c(F)cccc1F)C(=O)NC1CCS(=O)(=O)c2ccccc21. The summed E-state index contributed by atoms with van der Waals surface area (Å²) in [6, 6.07) is 7.86. The molecule has 0 aliphatic carbocycles. The third-order valence-corrected chi connectivity index (χ3v) is 6.86. The van der Waals surface area contributed by atoms with Crippen LogP contribution in [0.2, 0.25) is 0 Å². The molecule has 9 heteroatoms. The lowest BCUT2D eigenvalue weighted by Gasteiger charge is -2.29. The Labute approximate surface area is 173 Å². The molecule has 2 amide bonds. The number of nitrogens with one attached hydrogen (secondary N) is 2. The number of hydrogen-bond acceptors (Lipinski definition) is 4. The lowest BCUT2D eigenvalue weighted by Crippen LogP contribution is -2.51. The van der Waals surface area contributed by atoms with Crippen LogP contribution in [0.25, 0.3) is 0 Å². The number of carbonyl (C=O) groups excluding carboxylic acids is 2. The van der Waals surface area contributed by atoms with Gasteiger partial charge >= 0.3 is 0 Å². The van der Waals surface area contributed by atoms with Crippen LogP contribution in [0.1, 0.15) is 42.2 Å². The maximum absolute atomic E-state index is 13.9. The Balaban J connectivity index is 1.81. The minimum absolute atomic E-state index is 0.117. The Morgan fingerprint density at radius 3 is 2.30 bits per heavy atom. The van der Waals surface area contributed by atoms with Gasteiger partial charge in [0, 0.05) is 0 Å². The molecule has 30 heavy (non-hydrogen) atoms. The number of halogens is 2. The molecule has 3 rings (SSSR count). The summed E-state index contributed by atoms with van der Waals surface area (Å²) in [6.45, 7) is 3.36. The second-order valence-corrected chi connectivity index (χ2v) is 9.58. The van der Waals surface area contributed by atoms with Crippen LogP contribution in [-0.2, 0) is 14.6 Å². The summed E-state index contributed by atoms with van der Waals surface area (Å²) in [5.74, 6) is -4.15. The van der Waals surface area contributed by atoms with Gasteiger partial charge < -0.3 is 10.6 Å². The third kappa shape index (κ3) is 4.35. The van der Waals surface area contributed by atoms with Gasteiger partial charge in [-0.05, 0) is 36.1 Å². The van der Waals surface area contributed by atoms with Crippen molar-refractivity contribution in [1.29, 1.82) is 0 Å². The fourth-order valence-electron chi connectivity index (χ4n) is 3.46. The van der Waals surface area contributed by atoms with E-state index in [0.717, 1.165) is 18.2 Å². The van der Waals surface area contributed by atoms with Gasteiger partial charge in [-0.15, -0.1) is 0 Å². The highest BCUT2D eigenvalue weighted by Crippen LogP contribution is 2.32. The molecule has 0 spiro atoms. The van der Waals surface area contributed by atoms with Crippen molar-refractivity contribution in [2.75, 3.05) is 5.75 Å². The van der Waals surface area contributed by atoms with Gasteiger partial charge in [-0.3, -0.25) is 9.59 Å². The number of amides is 2. The number of hydrogen-bond donors (Lipinski definition) is 2. The molecule has 6 nitrogen and oxygen atoms in total. The molecule has 2 aromatic rings. The second kappa shape index (κ2) is 8.51. The van der Waals surface area contributed by atoms with Crippen molar-refractivity contribution in [2.24, 2.45) is 5.92 Å². The summed E-state index contributed by atoms with van der Waals surface area (Å²) < 4.78 is 52.4. The zero-order valence-corrected chi connectivity index (χ0v) is 17.3. The van der Waals surface area contributed by atoms with E-state index in [-0.39, 0.29) is 23.0 Å². The highest BCUT2D eigenvalue weighted by atomic mass is 32.2. The average Bonchev–Trinajstić information content (AvgIpc) is 2.68. The number of benzene rings is 2. The molecule has 1 heterocycles. The summed E-state index contributed by atoms with van der Waals surface area (Å²) in [5.41, 5.74) is -0.281. The minimum Gasteiger partial charge on any atom is -0.347 e. The van der Waals surface area contributed by atoms with E-state index in [4.69, 9.17) is 0 Å². The molecular formula is C21H22F2N2O4S. The van der Waals surface area contributed by atoms with E-state index in [1.807, 2.05) is 0 Å². The summed E-state index contributed by atoms with van der Waals surface area (Å²) in [4.78, 5) is 25.5. The fourth-order valence-corrected chi connectivity index (χ4v) is 5.09. The molecule has 160 valence electrons. The first-order valence-corrected chi connectivity index (χ1v) is 11.1. The van der Waals surface area contributed by atoms with Crippen LogP contribution < -0.4 is 10.6 Å². The standard InChI is InChI=1S/C21H22F2N2O4S/c1-12(2)19(25-20(26)18-14(22)7-5-8-15(18)23)21(27)24-16-10-11-30(28,29)17-9-4-3-6-13(16)17/h3-9,12,16,19H,10-11H2,1-2H3,(H,24,27)(H,25,26). The predicted molar refractivity (Wildman–Crippen MR) is 106 cm³/mol. The van der Waals surface area contributed by atoms with Crippen molar-refractivity contribution in [3.05, 3.63) is 65.2 Å². The molecule has 1 aliphatic heterocycles. The van der Waals surface area contributed by atoms with Crippen LogP contribution in [0.15, 0.2) is 47.4 Å². The number of sulfone groups is 1. The Morgan fingerprint density at radius 2 is 1.67 bits per heavy atom.